The summed E-state index contributed by atoms with van der Waals surface area (Å²) in [5, 5.41) is 4.04. The van der Waals surface area contributed by atoms with E-state index < -0.39 is 8.07 Å². The molecule has 0 bridgehead atoms. The van der Waals surface area contributed by atoms with E-state index >= 15 is 0 Å². The number of nitrogens with zero attached hydrogens (tertiary/aromatic N) is 2. The first kappa shape index (κ1) is 21.7. The Morgan fingerprint density at radius 2 is 1.52 bits per heavy atom. The van der Waals surface area contributed by atoms with E-state index in [1.807, 2.05) is 0 Å². The van der Waals surface area contributed by atoms with Crippen molar-refractivity contribution in [1.82, 2.24) is 9.55 Å². The summed E-state index contributed by atoms with van der Waals surface area (Å²) in [5.41, 5.74) is 7.39. The van der Waals surface area contributed by atoms with Crippen molar-refractivity contribution in [3.63, 3.8) is 0 Å². The Morgan fingerprint density at radius 1 is 0.818 bits per heavy atom. The van der Waals surface area contributed by atoms with Gasteiger partial charge in [-0.15, -0.1) is 0 Å². The molecule has 0 saturated heterocycles. The second-order valence-electron chi connectivity index (χ2n) is 10.1. The van der Waals surface area contributed by atoms with Crippen molar-refractivity contribution < 1.29 is 0 Å². The van der Waals surface area contributed by atoms with E-state index in [9.17, 15) is 0 Å². The van der Waals surface area contributed by atoms with Crippen molar-refractivity contribution in [1.29, 1.82) is 0 Å². The number of aromatic nitrogens is 2. The molecule has 166 valence electrons. The molecule has 3 heteroatoms. The molecule has 5 rings (SSSR count). The highest BCUT2D eigenvalue weighted by molar-refractivity contribution is 6.89. The molecule has 0 fully saturated rings. The minimum atomic E-state index is -1.46. The van der Waals surface area contributed by atoms with Crippen LogP contribution in [0.5, 0.6) is 0 Å². The number of hydrogen-bond acceptors (Lipinski definition) is 1. The van der Waals surface area contributed by atoms with Gasteiger partial charge in [-0.3, -0.25) is 4.98 Å². The maximum Gasteiger partial charge on any atom is 0.0799 e. The zero-order valence-electron chi connectivity index (χ0n) is 20.3. The van der Waals surface area contributed by atoms with Crippen molar-refractivity contribution in [3.05, 3.63) is 90.6 Å². The van der Waals surface area contributed by atoms with Gasteiger partial charge in [0.25, 0.3) is 0 Å². The van der Waals surface area contributed by atoms with Crippen LogP contribution in [0.25, 0.3) is 38.8 Å². The second kappa shape index (κ2) is 8.31. The number of hydrogen-bond donors (Lipinski definition) is 0. The van der Waals surface area contributed by atoms with Crippen LogP contribution >= 0.6 is 0 Å². The van der Waals surface area contributed by atoms with Crippen LogP contribution in [0.3, 0.4) is 0 Å². The Balaban J connectivity index is 1.72. The van der Waals surface area contributed by atoms with Gasteiger partial charge in [0.2, 0.25) is 0 Å². The Kier molecular flexibility index (Phi) is 5.45. The maximum absolute atomic E-state index is 4.97. The average molecular weight is 449 g/mol. The van der Waals surface area contributed by atoms with E-state index in [1.165, 1.54) is 43.8 Å². The third-order valence-corrected chi connectivity index (χ3v) is 8.90. The molecule has 2 heterocycles. The lowest BCUT2D eigenvalue weighted by atomic mass is 9.97. The van der Waals surface area contributed by atoms with Crippen molar-refractivity contribution >= 4 is 35.1 Å². The average Bonchev–Trinajstić information content (AvgIpc) is 3.17. The van der Waals surface area contributed by atoms with Crippen LogP contribution in [0.15, 0.2) is 85.1 Å². The monoisotopic (exact) mass is 448 g/mol. The van der Waals surface area contributed by atoms with E-state index in [2.05, 4.69) is 123 Å². The van der Waals surface area contributed by atoms with Crippen LogP contribution < -0.4 is 5.19 Å². The SMILES string of the molecule is CCC(C)c1cc(-c2ccc3c(c2)c2ccccc2n3-c2ccccc2)ncc1[Si](C)(C)C. The molecule has 1 atom stereocenters. The lowest BCUT2D eigenvalue weighted by molar-refractivity contribution is 0.736. The summed E-state index contributed by atoms with van der Waals surface area (Å²) in [6.07, 6.45) is 3.31. The van der Waals surface area contributed by atoms with Crippen molar-refractivity contribution in [3.8, 4) is 16.9 Å². The minimum Gasteiger partial charge on any atom is -0.309 e. The fourth-order valence-corrected chi connectivity index (χ4v) is 6.51. The molecular weight excluding hydrogens is 416 g/mol. The van der Waals surface area contributed by atoms with Gasteiger partial charge in [-0.05, 0) is 59.5 Å². The standard InChI is InChI=1S/C30H32N2Si/c1-6-21(2)25-19-27(31-20-30(25)33(3,4)5)22-16-17-29-26(18-22)24-14-10-11-15-28(24)32(29)23-12-8-7-9-13-23/h7-21H,6H2,1-5H3. The molecule has 0 aliphatic heterocycles. The van der Waals surface area contributed by atoms with Crippen LogP contribution in [0.4, 0.5) is 0 Å². The molecule has 2 nitrogen and oxygen atoms in total. The Hall–Kier alpha value is -3.17. The summed E-state index contributed by atoms with van der Waals surface area (Å²) in [6.45, 7) is 11.9. The summed E-state index contributed by atoms with van der Waals surface area (Å²) >= 11 is 0. The predicted octanol–water partition coefficient (Wildman–Crippen LogP) is 7.90. The Morgan fingerprint density at radius 3 is 2.24 bits per heavy atom. The molecule has 2 aromatic heterocycles. The third-order valence-electron chi connectivity index (χ3n) is 6.87. The summed E-state index contributed by atoms with van der Waals surface area (Å²) in [6, 6.07) is 28.5. The van der Waals surface area contributed by atoms with Gasteiger partial charge in [0.1, 0.15) is 0 Å². The van der Waals surface area contributed by atoms with Crippen LogP contribution in [-0.4, -0.2) is 17.6 Å². The van der Waals surface area contributed by atoms with Crippen LogP contribution in [0.1, 0.15) is 31.7 Å². The van der Waals surface area contributed by atoms with E-state index in [0.29, 0.717) is 5.92 Å². The molecule has 0 aliphatic carbocycles. The second-order valence-corrected chi connectivity index (χ2v) is 15.2. The van der Waals surface area contributed by atoms with E-state index in [-0.39, 0.29) is 0 Å². The summed E-state index contributed by atoms with van der Waals surface area (Å²) < 4.78 is 2.36. The van der Waals surface area contributed by atoms with Gasteiger partial charge in [0.05, 0.1) is 24.8 Å². The fourth-order valence-electron chi connectivity index (χ4n) is 4.87. The van der Waals surface area contributed by atoms with Gasteiger partial charge in [-0.25, -0.2) is 0 Å². The van der Waals surface area contributed by atoms with Gasteiger partial charge < -0.3 is 4.57 Å². The lowest BCUT2D eigenvalue weighted by Gasteiger charge is -2.24. The number of pyridine rings is 1. The van der Waals surface area contributed by atoms with Gasteiger partial charge in [-0.2, -0.15) is 0 Å². The smallest absolute Gasteiger partial charge is 0.0799 e. The number of fused-ring (bicyclic) bond motifs is 3. The summed E-state index contributed by atoms with van der Waals surface area (Å²) in [7, 11) is -1.46. The molecule has 0 spiro atoms. The molecule has 1 unspecified atom stereocenters. The van der Waals surface area contributed by atoms with Crippen LogP contribution in [-0.2, 0) is 0 Å². The van der Waals surface area contributed by atoms with E-state index in [4.69, 9.17) is 4.98 Å². The first-order chi connectivity index (χ1) is 15.9. The van der Waals surface area contributed by atoms with Crippen molar-refractivity contribution in [2.45, 2.75) is 45.8 Å². The number of rotatable bonds is 5. The van der Waals surface area contributed by atoms with Crippen molar-refractivity contribution in [2.24, 2.45) is 0 Å². The Bertz CT molecular complexity index is 1440. The molecule has 3 aromatic carbocycles. The number of para-hydroxylation sites is 2. The quantitative estimate of drug-likeness (QED) is 0.250. The molecule has 33 heavy (non-hydrogen) atoms. The zero-order chi connectivity index (χ0) is 23.2. The first-order valence-corrected chi connectivity index (χ1v) is 15.5. The normalized spacial score (nSPS) is 13.0. The van der Waals surface area contributed by atoms with Crippen LogP contribution in [0.2, 0.25) is 19.6 Å². The molecule has 5 aromatic rings. The third kappa shape index (κ3) is 3.81. The molecule has 0 aliphatic rings. The molecular formula is C30H32N2Si. The number of benzene rings is 3. The zero-order valence-corrected chi connectivity index (χ0v) is 21.3. The largest absolute Gasteiger partial charge is 0.309 e. The van der Waals surface area contributed by atoms with E-state index in [0.717, 1.165) is 12.1 Å². The molecule has 0 N–H and O–H groups in total. The Labute approximate surface area is 197 Å². The van der Waals surface area contributed by atoms with Gasteiger partial charge in [0, 0.05) is 28.2 Å². The minimum absolute atomic E-state index is 0.539. The topological polar surface area (TPSA) is 17.8 Å². The summed E-state index contributed by atoms with van der Waals surface area (Å²) in [5.74, 6) is 0.539. The van der Waals surface area contributed by atoms with Gasteiger partial charge in [0.15, 0.2) is 0 Å². The van der Waals surface area contributed by atoms with Gasteiger partial charge >= 0.3 is 0 Å². The van der Waals surface area contributed by atoms with E-state index in [1.54, 1.807) is 0 Å². The summed E-state index contributed by atoms with van der Waals surface area (Å²) in [4.78, 5) is 4.97. The van der Waals surface area contributed by atoms with Crippen molar-refractivity contribution in [2.75, 3.05) is 0 Å². The van der Waals surface area contributed by atoms with Gasteiger partial charge in [-0.1, -0.05) is 76.0 Å². The highest BCUT2D eigenvalue weighted by atomic mass is 28.3. The molecule has 0 radical (unpaired) electrons. The maximum atomic E-state index is 4.97. The predicted molar refractivity (Wildman–Crippen MR) is 146 cm³/mol. The fraction of sp³-hybridized carbons (Fsp3) is 0.233. The highest BCUT2D eigenvalue weighted by Crippen LogP contribution is 2.35. The lowest BCUT2D eigenvalue weighted by Crippen LogP contribution is -2.41. The van der Waals surface area contributed by atoms with Crippen LogP contribution in [0, 0.1) is 0 Å². The highest BCUT2D eigenvalue weighted by Gasteiger charge is 2.23. The molecule has 0 saturated carbocycles. The molecule has 0 amide bonds. The first-order valence-electron chi connectivity index (χ1n) is 12.0.